The third-order valence-corrected chi connectivity index (χ3v) is 7.56. The summed E-state index contributed by atoms with van der Waals surface area (Å²) in [4.78, 5) is 9.89. The number of anilines is 2. The Balaban J connectivity index is 1.32. The van der Waals surface area contributed by atoms with Gasteiger partial charge in [-0.15, -0.1) is 0 Å². The Labute approximate surface area is 252 Å². The number of benzene rings is 5. The van der Waals surface area contributed by atoms with Gasteiger partial charge in [0.2, 0.25) is 0 Å². The van der Waals surface area contributed by atoms with E-state index in [2.05, 4.69) is 139 Å². The van der Waals surface area contributed by atoms with Crippen LogP contribution in [0, 0.1) is 0 Å². The number of nitrogens with one attached hydrogen (secondary N) is 1. The number of hydrogen-bond acceptors (Lipinski definition) is 3. The molecule has 0 unspecified atom stereocenters. The lowest BCUT2D eigenvalue weighted by atomic mass is 9.98. The van der Waals surface area contributed by atoms with Gasteiger partial charge >= 0.3 is 0 Å². The third kappa shape index (κ3) is 5.70. The Bertz CT molecular complexity index is 1980. The summed E-state index contributed by atoms with van der Waals surface area (Å²) in [5.41, 5.74) is 12.5. The molecule has 3 nitrogen and oxygen atoms in total. The van der Waals surface area contributed by atoms with E-state index in [1.54, 1.807) is 0 Å². The maximum atomic E-state index is 5.12. The van der Waals surface area contributed by atoms with Gasteiger partial charge in [-0.1, -0.05) is 121 Å². The first kappa shape index (κ1) is 26.1. The zero-order valence-electron chi connectivity index (χ0n) is 23.6. The minimum Gasteiger partial charge on any atom is -0.354 e. The molecule has 43 heavy (non-hydrogen) atoms. The van der Waals surface area contributed by atoms with E-state index >= 15 is 0 Å². The number of pyridine rings is 2. The molecular formula is C40H29N3. The molecule has 0 radical (unpaired) electrons. The molecule has 0 spiro atoms. The fourth-order valence-electron chi connectivity index (χ4n) is 5.38. The maximum absolute atomic E-state index is 5.12. The molecule has 3 heteroatoms. The van der Waals surface area contributed by atoms with Crippen molar-refractivity contribution in [3.63, 3.8) is 0 Å². The van der Waals surface area contributed by atoms with Crippen LogP contribution in [0.4, 0.5) is 11.4 Å². The molecule has 204 valence electrons. The second-order valence-electron chi connectivity index (χ2n) is 10.4. The number of aromatic nitrogens is 2. The van der Waals surface area contributed by atoms with Gasteiger partial charge in [-0.2, -0.15) is 0 Å². The molecule has 1 N–H and O–H groups in total. The van der Waals surface area contributed by atoms with Crippen LogP contribution in [0.1, 0.15) is 0 Å². The minimum atomic E-state index is 0.906. The highest BCUT2D eigenvalue weighted by Gasteiger charge is 2.14. The molecule has 2 heterocycles. The zero-order valence-corrected chi connectivity index (χ0v) is 23.6. The van der Waals surface area contributed by atoms with E-state index in [0.717, 1.165) is 61.8 Å². The van der Waals surface area contributed by atoms with Crippen LogP contribution in [0.3, 0.4) is 0 Å². The minimum absolute atomic E-state index is 0.906. The molecule has 0 aliphatic heterocycles. The van der Waals surface area contributed by atoms with E-state index in [9.17, 15) is 0 Å². The van der Waals surface area contributed by atoms with E-state index in [-0.39, 0.29) is 0 Å². The number of rotatable bonds is 7. The van der Waals surface area contributed by atoms with Gasteiger partial charge in [0.15, 0.2) is 0 Å². The quantitative estimate of drug-likeness (QED) is 0.214. The van der Waals surface area contributed by atoms with Crippen molar-refractivity contribution in [3.8, 4) is 56.0 Å². The second-order valence-corrected chi connectivity index (χ2v) is 10.4. The van der Waals surface area contributed by atoms with Crippen molar-refractivity contribution in [1.82, 2.24) is 9.97 Å². The zero-order chi connectivity index (χ0) is 28.8. The van der Waals surface area contributed by atoms with Crippen LogP contribution in [-0.4, -0.2) is 9.97 Å². The first-order valence-electron chi connectivity index (χ1n) is 14.4. The Morgan fingerprint density at radius 2 is 0.930 bits per heavy atom. The Kier molecular flexibility index (Phi) is 7.27. The molecule has 0 fully saturated rings. The first-order chi connectivity index (χ1) is 21.3. The van der Waals surface area contributed by atoms with Crippen molar-refractivity contribution in [2.75, 3.05) is 5.32 Å². The lowest BCUT2D eigenvalue weighted by molar-refractivity contribution is 1.31. The van der Waals surface area contributed by atoms with E-state index in [1.165, 1.54) is 5.56 Å². The molecule has 7 aromatic rings. The number of nitrogens with zero attached hydrogens (tertiary/aromatic N) is 2. The second kappa shape index (κ2) is 12.0. The summed E-state index contributed by atoms with van der Waals surface area (Å²) >= 11 is 0. The molecule has 0 saturated heterocycles. The van der Waals surface area contributed by atoms with Gasteiger partial charge in [0, 0.05) is 34.3 Å². The SMILES string of the molecule is c1ccc(-c2ccnc(-c3ccccc3Nc3ccc(-c4ccccc4)cc3-c3cccc(-c4ccccc4)n3)c2)cc1. The molecule has 7 rings (SSSR count). The Morgan fingerprint density at radius 3 is 1.65 bits per heavy atom. The van der Waals surface area contributed by atoms with Crippen molar-refractivity contribution in [1.29, 1.82) is 0 Å². The smallest absolute Gasteiger partial charge is 0.0730 e. The fourth-order valence-corrected chi connectivity index (χ4v) is 5.38. The highest BCUT2D eigenvalue weighted by molar-refractivity contribution is 5.88. The highest BCUT2D eigenvalue weighted by atomic mass is 14.9. The van der Waals surface area contributed by atoms with Gasteiger partial charge in [0.1, 0.15) is 0 Å². The highest BCUT2D eigenvalue weighted by Crippen LogP contribution is 2.37. The number of hydrogen-bond donors (Lipinski definition) is 1. The van der Waals surface area contributed by atoms with Gasteiger partial charge in [0.05, 0.1) is 17.1 Å². The molecule has 0 atom stereocenters. The molecule has 0 amide bonds. The maximum Gasteiger partial charge on any atom is 0.0730 e. The van der Waals surface area contributed by atoms with E-state index < -0.39 is 0 Å². The Hall–Kier alpha value is -5.80. The predicted molar refractivity (Wildman–Crippen MR) is 179 cm³/mol. The summed E-state index contributed by atoms with van der Waals surface area (Å²) in [5, 5.41) is 3.76. The lowest BCUT2D eigenvalue weighted by Gasteiger charge is -2.17. The standard InChI is InChI=1S/C40H29N3/c1-4-13-29(14-5-1)32-23-24-39(35(27-32)38-22-12-21-36(42-38)31-17-8-3-9-18-31)43-37-20-11-10-19-34(37)40-28-33(25-26-41-40)30-15-6-2-7-16-30/h1-28,43H. The van der Waals surface area contributed by atoms with Gasteiger partial charge in [-0.25, -0.2) is 4.98 Å². The molecule has 5 aromatic carbocycles. The first-order valence-corrected chi connectivity index (χ1v) is 14.4. The summed E-state index contributed by atoms with van der Waals surface area (Å²) < 4.78 is 0. The van der Waals surface area contributed by atoms with E-state index in [4.69, 9.17) is 9.97 Å². The van der Waals surface area contributed by atoms with Crippen LogP contribution in [-0.2, 0) is 0 Å². The van der Waals surface area contributed by atoms with E-state index in [1.807, 2.05) is 36.5 Å². The molecule has 0 aliphatic rings. The topological polar surface area (TPSA) is 37.8 Å². The van der Waals surface area contributed by atoms with Crippen LogP contribution in [0.2, 0.25) is 0 Å². The van der Waals surface area contributed by atoms with Crippen LogP contribution in [0.25, 0.3) is 56.0 Å². The lowest BCUT2D eigenvalue weighted by Crippen LogP contribution is -1.98. The summed E-state index contributed by atoms with van der Waals surface area (Å²) in [6.45, 7) is 0. The van der Waals surface area contributed by atoms with Gasteiger partial charge in [0.25, 0.3) is 0 Å². The fraction of sp³-hybridized carbons (Fsp3) is 0. The van der Waals surface area contributed by atoms with Crippen LogP contribution < -0.4 is 5.32 Å². The van der Waals surface area contributed by atoms with Crippen LogP contribution >= 0.6 is 0 Å². The van der Waals surface area contributed by atoms with Crippen molar-refractivity contribution < 1.29 is 0 Å². The summed E-state index contributed by atoms with van der Waals surface area (Å²) in [6, 6.07) is 56.5. The molecule has 0 bridgehead atoms. The van der Waals surface area contributed by atoms with Crippen molar-refractivity contribution in [3.05, 3.63) is 170 Å². The van der Waals surface area contributed by atoms with Gasteiger partial charge in [-0.3, -0.25) is 4.98 Å². The largest absolute Gasteiger partial charge is 0.354 e. The summed E-state index contributed by atoms with van der Waals surface area (Å²) in [6.07, 6.45) is 1.88. The molecule has 2 aromatic heterocycles. The van der Waals surface area contributed by atoms with Crippen LogP contribution in [0.5, 0.6) is 0 Å². The Morgan fingerprint density at radius 1 is 0.349 bits per heavy atom. The summed E-state index contributed by atoms with van der Waals surface area (Å²) in [5.74, 6) is 0. The molecular weight excluding hydrogens is 522 g/mol. The molecule has 0 saturated carbocycles. The van der Waals surface area contributed by atoms with Crippen LogP contribution in [0.15, 0.2) is 170 Å². The van der Waals surface area contributed by atoms with Gasteiger partial charge < -0.3 is 5.32 Å². The van der Waals surface area contributed by atoms with Crippen molar-refractivity contribution >= 4 is 11.4 Å². The summed E-state index contributed by atoms with van der Waals surface area (Å²) in [7, 11) is 0. The monoisotopic (exact) mass is 551 g/mol. The predicted octanol–water partition coefficient (Wildman–Crippen LogP) is 10.6. The molecule has 0 aliphatic carbocycles. The van der Waals surface area contributed by atoms with Crippen molar-refractivity contribution in [2.24, 2.45) is 0 Å². The van der Waals surface area contributed by atoms with Gasteiger partial charge in [-0.05, 0) is 64.7 Å². The number of para-hydroxylation sites is 1. The van der Waals surface area contributed by atoms with Crippen molar-refractivity contribution in [2.45, 2.75) is 0 Å². The normalized spacial score (nSPS) is 10.8. The van der Waals surface area contributed by atoms with E-state index in [0.29, 0.717) is 0 Å². The third-order valence-electron chi connectivity index (χ3n) is 7.56. The average Bonchev–Trinajstić information content (AvgIpc) is 3.10. The average molecular weight is 552 g/mol.